The molecule has 0 spiro atoms. The first-order valence-corrected chi connectivity index (χ1v) is 4.48. The van der Waals surface area contributed by atoms with Crippen molar-refractivity contribution in [2.75, 3.05) is 0 Å². The summed E-state index contributed by atoms with van der Waals surface area (Å²) in [5.74, 6) is 0.185. The fraction of sp³-hybridized carbons (Fsp3) is 0.182. The van der Waals surface area contributed by atoms with Crippen molar-refractivity contribution in [1.82, 2.24) is 9.78 Å². The van der Waals surface area contributed by atoms with Gasteiger partial charge in [0.15, 0.2) is 5.75 Å². The van der Waals surface area contributed by atoms with Gasteiger partial charge in [-0.2, -0.15) is 5.10 Å². The van der Waals surface area contributed by atoms with Crippen LogP contribution in [0.2, 0.25) is 0 Å². The lowest BCUT2D eigenvalue weighted by Gasteiger charge is -2.05. The number of aromatic nitrogens is 2. The Labute approximate surface area is 82.6 Å². The zero-order chi connectivity index (χ0) is 10.1. The Kier molecular flexibility index (Phi) is 2.00. The lowest BCUT2D eigenvalue weighted by molar-refractivity contribution is 0.475. The lowest BCUT2D eigenvalue weighted by atomic mass is 10.1. The summed E-state index contributed by atoms with van der Waals surface area (Å²) < 4.78 is 1.67. The van der Waals surface area contributed by atoms with Gasteiger partial charge in [0.2, 0.25) is 0 Å². The Morgan fingerprint density at radius 3 is 2.64 bits per heavy atom. The number of hydrogen-bond donors (Lipinski definition) is 1. The first kappa shape index (κ1) is 8.81. The highest BCUT2D eigenvalue weighted by molar-refractivity contribution is 5.42. The van der Waals surface area contributed by atoms with Crippen LogP contribution in [-0.2, 0) is 0 Å². The monoisotopic (exact) mass is 188 g/mol. The Bertz CT molecular complexity index is 460. The van der Waals surface area contributed by atoms with E-state index in [-0.39, 0.29) is 5.75 Å². The van der Waals surface area contributed by atoms with Gasteiger partial charge in [-0.1, -0.05) is 17.7 Å². The van der Waals surface area contributed by atoms with Gasteiger partial charge >= 0.3 is 0 Å². The molecule has 0 aliphatic rings. The van der Waals surface area contributed by atoms with Gasteiger partial charge in [-0.15, -0.1) is 0 Å². The summed E-state index contributed by atoms with van der Waals surface area (Å²) in [6, 6.07) is 6.12. The maximum Gasteiger partial charge on any atom is 0.153 e. The minimum absolute atomic E-state index is 0.185. The number of benzene rings is 1. The van der Waals surface area contributed by atoms with Crippen molar-refractivity contribution in [3.63, 3.8) is 0 Å². The van der Waals surface area contributed by atoms with Crippen LogP contribution in [0.15, 0.2) is 30.6 Å². The van der Waals surface area contributed by atoms with Crippen LogP contribution in [0.5, 0.6) is 5.75 Å². The second-order valence-corrected chi connectivity index (χ2v) is 3.43. The summed E-state index contributed by atoms with van der Waals surface area (Å²) in [7, 11) is 0. The predicted octanol–water partition coefficient (Wildman–Crippen LogP) is 2.19. The molecule has 0 amide bonds. The Balaban J connectivity index is 2.52. The summed E-state index contributed by atoms with van der Waals surface area (Å²) in [6.07, 6.45) is 3.02. The lowest BCUT2D eigenvalue weighted by Crippen LogP contribution is -1.97. The van der Waals surface area contributed by atoms with Gasteiger partial charge in [0.1, 0.15) is 0 Å². The van der Waals surface area contributed by atoms with E-state index in [1.165, 1.54) is 11.8 Å². The van der Waals surface area contributed by atoms with Gasteiger partial charge in [-0.05, 0) is 25.5 Å². The van der Waals surface area contributed by atoms with Crippen molar-refractivity contribution in [1.29, 1.82) is 0 Å². The van der Waals surface area contributed by atoms with E-state index in [1.807, 2.05) is 19.1 Å². The molecule has 2 rings (SSSR count). The van der Waals surface area contributed by atoms with Crippen molar-refractivity contribution in [2.45, 2.75) is 13.8 Å². The largest absolute Gasteiger partial charge is 0.505 e. The van der Waals surface area contributed by atoms with Gasteiger partial charge in [-0.3, -0.25) is 0 Å². The fourth-order valence-corrected chi connectivity index (χ4v) is 1.51. The summed E-state index contributed by atoms with van der Waals surface area (Å²) >= 11 is 0. The van der Waals surface area contributed by atoms with Gasteiger partial charge < -0.3 is 5.11 Å². The third kappa shape index (κ3) is 1.48. The average molecular weight is 188 g/mol. The minimum atomic E-state index is 0.185. The summed E-state index contributed by atoms with van der Waals surface area (Å²) in [5, 5.41) is 13.2. The smallest absolute Gasteiger partial charge is 0.153 e. The Morgan fingerprint density at radius 1 is 1.29 bits per heavy atom. The highest BCUT2D eigenvalue weighted by Crippen LogP contribution is 2.16. The molecule has 0 saturated heterocycles. The van der Waals surface area contributed by atoms with Crippen molar-refractivity contribution >= 4 is 0 Å². The van der Waals surface area contributed by atoms with Gasteiger partial charge in [0.05, 0.1) is 18.1 Å². The summed E-state index contributed by atoms with van der Waals surface area (Å²) in [5.41, 5.74) is 3.37. The average Bonchev–Trinajstić information content (AvgIpc) is 2.51. The molecule has 1 N–H and O–H groups in total. The van der Waals surface area contributed by atoms with Crippen LogP contribution in [-0.4, -0.2) is 14.9 Å². The summed E-state index contributed by atoms with van der Waals surface area (Å²) in [4.78, 5) is 0. The van der Waals surface area contributed by atoms with Crippen molar-refractivity contribution in [2.24, 2.45) is 0 Å². The Hall–Kier alpha value is -1.77. The molecule has 1 aromatic heterocycles. The molecule has 0 radical (unpaired) electrons. The van der Waals surface area contributed by atoms with Crippen molar-refractivity contribution < 1.29 is 5.11 Å². The maximum absolute atomic E-state index is 9.18. The number of aryl methyl sites for hydroxylation is 2. The maximum atomic E-state index is 9.18. The van der Waals surface area contributed by atoms with E-state index < -0.39 is 0 Å². The molecule has 3 nitrogen and oxygen atoms in total. The molecule has 0 bridgehead atoms. The second-order valence-electron chi connectivity index (χ2n) is 3.43. The molecule has 0 fully saturated rings. The molecule has 0 atom stereocenters. The highest BCUT2D eigenvalue weighted by Gasteiger charge is 2.02. The molecule has 0 aliphatic carbocycles. The van der Waals surface area contributed by atoms with Crippen LogP contribution >= 0.6 is 0 Å². The number of hydrogen-bond acceptors (Lipinski definition) is 2. The van der Waals surface area contributed by atoms with Crippen LogP contribution < -0.4 is 0 Å². The summed E-state index contributed by atoms with van der Waals surface area (Å²) in [6.45, 7) is 4.08. The highest BCUT2D eigenvalue weighted by atomic mass is 16.3. The molecule has 72 valence electrons. The van der Waals surface area contributed by atoms with Crippen LogP contribution in [0.1, 0.15) is 11.1 Å². The normalized spacial score (nSPS) is 10.4. The quantitative estimate of drug-likeness (QED) is 0.745. The van der Waals surface area contributed by atoms with E-state index >= 15 is 0 Å². The number of nitrogens with zero attached hydrogens (tertiary/aromatic N) is 2. The van der Waals surface area contributed by atoms with Crippen LogP contribution in [0.3, 0.4) is 0 Å². The van der Waals surface area contributed by atoms with E-state index in [1.54, 1.807) is 10.9 Å². The third-order valence-corrected chi connectivity index (χ3v) is 2.17. The minimum Gasteiger partial charge on any atom is -0.505 e. The zero-order valence-electron chi connectivity index (χ0n) is 8.23. The number of aromatic hydroxyl groups is 1. The molecule has 0 unspecified atom stereocenters. The van der Waals surface area contributed by atoms with E-state index in [4.69, 9.17) is 0 Å². The molecular weight excluding hydrogens is 176 g/mol. The van der Waals surface area contributed by atoms with Gasteiger partial charge in [-0.25, -0.2) is 4.68 Å². The zero-order valence-corrected chi connectivity index (χ0v) is 8.23. The van der Waals surface area contributed by atoms with Crippen LogP contribution in [0.25, 0.3) is 5.69 Å². The molecule has 3 heteroatoms. The predicted molar refractivity (Wildman–Crippen MR) is 54.7 cm³/mol. The van der Waals surface area contributed by atoms with Gasteiger partial charge in [0, 0.05) is 0 Å². The molecule has 0 saturated carbocycles. The fourth-order valence-electron chi connectivity index (χ4n) is 1.51. The SMILES string of the molecule is Cc1ccc(-n2cc(O)cn2)c(C)c1. The molecule has 14 heavy (non-hydrogen) atoms. The Morgan fingerprint density at radius 2 is 2.07 bits per heavy atom. The molecule has 1 aromatic carbocycles. The first-order chi connectivity index (χ1) is 6.66. The molecule has 0 aliphatic heterocycles. The van der Waals surface area contributed by atoms with E-state index in [9.17, 15) is 5.11 Å². The van der Waals surface area contributed by atoms with Crippen molar-refractivity contribution in [3.8, 4) is 11.4 Å². The number of rotatable bonds is 1. The van der Waals surface area contributed by atoms with E-state index in [0.29, 0.717) is 0 Å². The van der Waals surface area contributed by atoms with E-state index in [0.717, 1.165) is 11.3 Å². The molecule has 1 heterocycles. The van der Waals surface area contributed by atoms with Gasteiger partial charge in [0.25, 0.3) is 0 Å². The topological polar surface area (TPSA) is 38.0 Å². The van der Waals surface area contributed by atoms with E-state index in [2.05, 4.69) is 18.1 Å². The van der Waals surface area contributed by atoms with Crippen LogP contribution in [0, 0.1) is 13.8 Å². The molecular formula is C11H12N2O. The van der Waals surface area contributed by atoms with Crippen LogP contribution in [0.4, 0.5) is 0 Å². The third-order valence-electron chi connectivity index (χ3n) is 2.17. The second kappa shape index (κ2) is 3.18. The standard InChI is InChI=1S/C11H12N2O/c1-8-3-4-11(9(2)5-8)13-7-10(14)6-12-13/h3-7,14H,1-2H3. The van der Waals surface area contributed by atoms with Crippen molar-refractivity contribution in [3.05, 3.63) is 41.7 Å². The first-order valence-electron chi connectivity index (χ1n) is 4.48. The molecule has 2 aromatic rings.